The molecule has 0 atom stereocenters. The lowest BCUT2D eigenvalue weighted by molar-refractivity contribution is 0.660. The van der Waals surface area contributed by atoms with Gasteiger partial charge in [0.15, 0.2) is 0 Å². The molecule has 0 unspecified atom stereocenters. The number of nitrogens with two attached hydrogens (primary N) is 1. The summed E-state index contributed by atoms with van der Waals surface area (Å²) in [4.78, 5) is 0. The van der Waals surface area contributed by atoms with Crippen LogP contribution in [0.2, 0.25) is 0 Å². The van der Waals surface area contributed by atoms with E-state index in [0.717, 1.165) is 11.4 Å². The van der Waals surface area contributed by atoms with E-state index in [-0.39, 0.29) is 10.8 Å². The first-order valence-corrected chi connectivity index (χ1v) is 16.2. The number of hydrogen-bond acceptors (Lipinski definition) is 2. The van der Waals surface area contributed by atoms with Gasteiger partial charge < -0.3 is 11.1 Å². The Morgan fingerprint density at radius 2 is 0.911 bits per heavy atom. The molecule has 224 valence electrons. The fraction of sp³-hybridized carbons (Fsp3) is 0.143. The van der Waals surface area contributed by atoms with Gasteiger partial charge >= 0.3 is 0 Å². The summed E-state index contributed by atoms with van der Waals surface area (Å²) in [5, 5.41) is 3.58. The second-order valence-electron chi connectivity index (χ2n) is 12.6. The van der Waals surface area contributed by atoms with Gasteiger partial charge in [0.05, 0.1) is 0 Å². The minimum atomic E-state index is 0.0559. The first-order valence-electron chi connectivity index (χ1n) is 15.4. The molecule has 2 aliphatic rings. The summed E-state index contributed by atoms with van der Waals surface area (Å²) in [5.41, 5.74) is 19.7. The van der Waals surface area contributed by atoms with Crippen molar-refractivity contribution in [1.29, 1.82) is 0 Å². The van der Waals surface area contributed by atoms with Crippen molar-refractivity contribution in [3.05, 3.63) is 172 Å². The lowest BCUT2D eigenvalue weighted by atomic mass is 9.82. The Balaban J connectivity index is 0.000000135. The molecule has 0 fully saturated rings. The molecule has 3 heteroatoms. The summed E-state index contributed by atoms with van der Waals surface area (Å²) in [5.74, 6) is 0. The highest BCUT2D eigenvalue weighted by molar-refractivity contribution is 9.10. The third kappa shape index (κ3) is 5.81. The van der Waals surface area contributed by atoms with Crippen LogP contribution in [-0.4, -0.2) is 0 Å². The number of para-hydroxylation sites is 2. The van der Waals surface area contributed by atoms with Crippen LogP contribution in [0.3, 0.4) is 0 Å². The third-order valence-corrected chi connectivity index (χ3v) is 9.68. The number of anilines is 3. The van der Waals surface area contributed by atoms with E-state index < -0.39 is 0 Å². The highest BCUT2D eigenvalue weighted by Crippen LogP contribution is 2.52. The Morgan fingerprint density at radius 1 is 0.467 bits per heavy atom. The van der Waals surface area contributed by atoms with Crippen LogP contribution in [0, 0.1) is 0 Å². The summed E-state index contributed by atoms with van der Waals surface area (Å²) < 4.78 is 1.20. The second-order valence-corrected chi connectivity index (χ2v) is 13.5. The van der Waals surface area contributed by atoms with Gasteiger partial charge in [-0.05, 0) is 69.8 Å². The van der Waals surface area contributed by atoms with E-state index in [1.54, 1.807) is 0 Å². The van der Waals surface area contributed by atoms with Crippen LogP contribution in [0.4, 0.5) is 17.1 Å². The fourth-order valence-corrected chi connectivity index (χ4v) is 7.28. The Hall–Kier alpha value is -4.60. The molecule has 0 aromatic heterocycles. The standard InChI is InChI=1S/C21H19N.C15H13Br.C6H7N/c1-21(2)17-12-7-6-11-16(17)20-18(21)13-8-14-19(20)22-15-9-4-3-5-10-15;1-15(2)11-7-4-3-6-10(11)14-12(15)8-5-9-13(14)16;7-6-4-2-1-3-5-6/h3-14,22H,1-2H3;3-9H,1-2H3;1-5H,7H2. The van der Waals surface area contributed by atoms with Crippen LogP contribution in [0.1, 0.15) is 49.9 Å². The average molecular weight is 652 g/mol. The molecule has 0 bridgehead atoms. The van der Waals surface area contributed by atoms with Crippen LogP contribution in [-0.2, 0) is 10.8 Å². The van der Waals surface area contributed by atoms with Crippen molar-refractivity contribution in [2.75, 3.05) is 11.1 Å². The summed E-state index contributed by atoms with van der Waals surface area (Å²) in [6.45, 7) is 9.21. The van der Waals surface area contributed by atoms with Crippen molar-refractivity contribution < 1.29 is 0 Å². The molecule has 0 radical (unpaired) electrons. The van der Waals surface area contributed by atoms with Crippen molar-refractivity contribution in [3.8, 4) is 22.3 Å². The zero-order valence-corrected chi connectivity index (χ0v) is 27.9. The molecule has 0 spiro atoms. The molecular weight excluding hydrogens is 612 g/mol. The van der Waals surface area contributed by atoms with E-state index in [2.05, 4.69) is 158 Å². The van der Waals surface area contributed by atoms with E-state index in [1.807, 2.05) is 36.4 Å². The first-order chi connectivity index (χ1) is 21.7. The number of rotatable bonds is 2. The Kier molecular flexibility index (Phi) is 8.40. The van der Waals surface area contributed by atoms with Crippen LogP contribution in [0.15, 0.2) is 150 Å². The van der Waals surface area contributed by atoms with Crippen molar-refractivity contribution in [3.63, 3.8) is 0 Å². The van der Waals surface area contributed by atoms with Gasteiger partial charge in [-0.1, -0.05) is 153 Å². The number of fused-ring (bicyclic) bond motifs is 6. The SMILES string of the molecule is CC1(C)c2ccccc2-c2c(Br)cccc21.CC1(C)c2ccccc2-c2c(Nc3ccccc3)cccc21.Nc1ccccc1. The van der Waals surface area contributed by atoms with Crippen LogP contribution in [0.25, 0.3) is 22.3 Å². The Morgan fingerprint density at radius 3 is 1.47 bits per heavy atom. The van der Waals surface area contributed by atoms with Gasteiger partial charge in [0, 0.05) is 43.5 Å². The van der Waals surface area contributed by atoms with Crippen molar-refractivity contribution >= 4 is 33.0 Å². The molecule has 0 saturated heterocycles. The van der Waals surface area contributed by atoms with Gasteiger partial charge in [0.2, 0.25) is 0 Å². The van der Waals surface area contributed by atoms with E-state index in [1.165, 1.54) is 54.7 Å². The Bertz CT molecular complexity index is 1940. The predicted molar refractivity (Wildman–Crippen MR) is 196 cm³/mol. The molecule has 0 heterocycles. The van der Waals surface area contributed by atoms with Crippen LogP contribution >= 0.6 is 15.9 Å². The largest absolute Gasteiger partial charge is 0.399 e. The normalized spacial score (nSPS) is 13.9. The molecule has 0 aliphatic heterocycles. The molecule has 6 aromatic carbocycles. The smallest absolute Gasteiger partial charge is 0.0467 e. The number of hydrogen-bond donors (Lipinski definition) is 2. The topological polar surface area (TPSA) is 38.0 Å². The molecule has 8 rings (SSSR count). The summed E-state index contributed by atoms with van der Waals surface area (Å²) in [6.07, 6.45) is 0. The maximum atomic E-state index is 5.36. The fourth-order valence-electron chi connectivity index (χ4n) is 6.70. The van der Waals surface area contributed by atoms with Crippen molar-refractivity contribution in [2.24, 2.45) is 0 Å². The van der Waals surface area contributed by atoms with Gasteiger partial charge in [0.25, 0.3) is 0 Å². The van der Waals surface area contributed by atoms with Gasteiger partial charge in [-0.3, -0.25) is 0 Å². The molecule has 45 heavy (non-hydrogen) atoms. The predicted octanol–water partition coefficient (Wildman–Crippen LogP) is 11.8. The molecule has 0 amide bonds. The monoisotopic (exact) mass is 650 g/mol. The van der Waals surface area contributed by atoms with E-state index >= 15 is 0 Å². The summed E-state index contributed by atoms with van der Waals surface area (Å²) >= 11 is 3.67. The van der Waals surface area contributed by atoms with Crippen molar-refractivity contribution in [2.45, 2.75) is 38.5 Å². The lowest BCUT2D eigenvalue weighted by Gasteiger charge is -2.21. The van der Waals surface area contributed by atoms with E-state index in [0.29, 0.717) is 0 Å². The molecule has 2 aliphatic carbocycles. The highest BCUT2D eigenvalue weighted by Gasteiger charge is 2.37. The van der Waals surface area contributed by atoms with Gasteiger partial charge in [0.1, 0.15) is 0 Å². The van der Waals surface area contributed by atoms with Crippen LogP contribution in [0.5, 0.6) is 0 Å². The zero-order valence-electron chi connectivity index (χ0n) is 26.3. The quantitative estimate of drug-likeness (QED) is 0.183. The molecule has 3 N–H and O–H groups in total. The third-order valence-electron chi connectivity index (χ3n) is 9.02. The van der Waals surface area contributed by atoms with E-state index in [9.17, 15) is 0 Å². The number of nitrogen functional groups attached to an aromatic ring is 1. The number of benzene rings is 6. The lowest BCUT2D eigenvalue weighted by Crippen LogP contribution is -2.14. The van der Waals surface area contributed by atoms with E-state index in [4.69, 9.17) is 5.73 Å². The maximum Gasteiger partial charge on any atom is 0.0467 e. The van der Waals surface area contributed by atoms with Crippen LogP contribution < -0.4 is 11.1 Å². The average Bonchev–Trinajstić information content (AvgIpc) is 3.44. The summed E-state index contributed by atoms with van der Waals surface area (Å²) in [7, 11) is 0. The maximum absolute atomic E-state index is 5.36. The Labute approximate surface area is 276 Å². The zero-order chi connectivity index (χ0) is 31.6. The first kappa shape index (κ1) is 30.4. The molecule has 0 saturated carbocycles. The second kappa shape index (κ2) is 12.4. The minimum absolute atomic E-state index is 0.0559. The minimum Gasteiger partial charge on any atom is -0.399 e. The molecule has 2 nitrogen and oxygen atoms in total. The van der Waals surface area contributed by atoms with Crippen molar-refractivity contribution in [1.82, 2.24) is 0 Å². The van der Waals surface area contributed by atoms with Gasteiger partial charge in [-0.2, -0.15) is 0 Å². The van der Waals surface area contributed by atoms with Gasteiger partial charge in [-0.25, -0.2) is 0 Å². The summed E-state index contributed by atoms with van der Waals surface area (Å²) in [6, 6.07) is 50.4. The number of nitrogens with one attached hydrogen (secondary N) is 1. The number of halogens is 1. The van der Waals surface area contributed by atoms with Gasteiger partial charge in [-0.15, -0.1) is 0 Å². The highest BCUT2D eigenvalue weighted by atomic mass is 79.9. The molecule has 6 aromatic rings. The molecular formula is C42H39BrN2.